The number of benzene rings is 1. The van der Waals surface area contributed by atoms with Gasteiger partial charge < -0.3 is 20.9 Å². The van der Waals surface area contributed by atoms with Gasteiger partial charge in [0.15, 0.2) is 0 Å². The molecule has 156 valence electrons. The molecule has 5 heteroatoms. The van der Waals surface area contributed by atoms with Crippen molar-refractivity contribution in [1.29, 1.82) is 0 Å². The Kier molecular flexibility index (Phi) is 8.36. The van der Waals surface area contributed by atoms with Crippen molar-refractivity contribution in [2.24, 2.45) is 0 Å². The lowest BCUT2D eigenvalue weighted by atomic mass is 10.0. The topological polar surface area (TPSA) is 61.6 Å². The van der Waals surface area contributed by atoms with Crippen molar-refractivity contribution in [1.82, 2.24) is 10.2 Å². The van der Waals surface area contributed by atoms with Crippen molar-refractivity contribution in [2.75, 3.05) is 43.9 Å². The summed E-state index contributed by atoms with van der Waals surface area (Å²) in [5.41, 5.74) is 8.32. The summed E-state index contributed by atoms with van der Waals surface area (Å²) in [6, 6.07) is 5.59. The number of nitrogens with two attached hydrogens (primary N) is 1. The quantitative estimate of drug-likeness (QED) is 0.382. The van der Waals surface area contributed by atoms with Crippen LogP contribution in [0.4, 0.5) is 11.4 Å². The monoisotopic (exact) mass is 386 g/mol. The second-order valence-corrected chi connectivity index (χ2v) is 8.31. The Bertz CT molecular complexity index is 663. The number of piperidine rings is 1. The molecule has 0 spiro atoms. The Morgan fingerprint density at radius 3 is 2.64 bits per heavy atom. The lowest BCUT2D eigenvalue weighted by Gasteiger charge is -2.36. The van der Waals surface area contributed by atoms with Crippen LogP contribution in [-0.2, 0) is 0 Å². The van der Waals surface area contributed by atoms with Crippen LogP contribution in [0.3, 0.4) is 0 Å². The van der Waals surface area contributed by atoms with Gasteiger partial charge >= 0.3 is 0 Å². The summed E-state index contributed by atoms with van der Waals surface area (Å²) in [7, 11) is 2.03. The summed E-state index contributed by atoms with van der Waals surface area (Å²) < 4.78 is 0. The van der Waals surface area contributed by atoms with E-state index in [0.717, 1.165) is 25.1 Å². The highest BCUT2D eigenvalue weighted by Crippen LogP contribution is 2.29. The van der Waals surface area contributed by atoms with Crippen LogP contribution in [0.2, 0.25) is 0 Å². The molecule has 1 aromatic rings. The highest BCUT2D eigenvalue weighted by molar-refractivity contribution is 5.96. The molecule has 0 saturated carbocycles. The minimum absolute atomic E-state index is 0.0512. The van der Waals surface area contributed by atoms with Crippen molar-refractivity contribution in [3.63, 3.8) is 0 Å². The van der Waals surface area contributed by atoms with Gasteiger partial charge in [-0.3, -0.25) is 4.79 Å². The summed E-state index contributed by atoms with van der Waals surface area (Å²) >= 11 is 0. The zero-order chi connectivity index (χ0) is 20.6. The molecule has 0 atom stereocenters. The van der Waals surface area contributed by atoms with E-state index in [4.69, 9.17) is 5.73 Å². The number of nitrogens with zero attached hydrogens (tertiary/aromatic N) is 2. The van der Waals surface area contributed by atoms with Crippen LogP contribution in [0.5, 0.6) is 0 Å². The van der Waals surface area contributed by atoms with Crippen molar-refractivity contribution in [3.05, 3.63) is 35.9 Å². The third-order valence-electron chi connectivity index (χ3n) is 5.66. The largest absolute Gasteiger partial charge is 0.397 e. The first-order valence-electron chi connectivity index (χ1n) is 10.7. The normalized spacial score (nSPS) is 15.7. The van der Waals surface area contributed by atoms with Gasteiger partial charge in [-0.05, 0) is 77.4 Å². The molecular formula is C23H38N4O. The van der Waals surface area contributed by atoms with E-state index in [-0.39, 0.29) is 11.4 Å². The second kappa shape index (κ2) is 10.5. The first-order chi connectivity index (χ1) is 13.3. The fraction of sp³-hybridized carbons (Fsp3) is 0.609. The molecule has 1 saturated heterocycles. The lowest BCUT2D eigenvalue weighted by Crippen LogP contribution is -2.39. The number of amides is 1. The smallest absolute Gasteiger partial charge is 0.251 e. The lowest BCUT2D eigenvalue weighted by molar-refractivity contribution is 0.0951. The Morgan fingerprint density at radius 1 is 1.29 bits per heavy atom. The number of rotatable bonds is 9. The highest BCUT2D eigenvalue weighted by Gasteiger charge is 2.22. The number of nitrogens with one attached hydrogen (secondary N) is 1. The summed E-state index contributed by atoms with van der Waals surface area (Å²) in [5, 5.41) is 3.03. The number of hydrogen-bond donors (Lipinski definition) is 2. The predicted molar refractivity (Wildman–Crippen MR) is 120 cm³/mol. The molecule has 2 rings (SSSR count). The molecule has 1 aromatic carbocycles. The summed E-state index contributed by atoms with van der Waals surface area (Å²) in [6.45, 7) is 10.6. The van der Waals surface area contributed by atoms with Crippen molar-refractivity contribution in [2.45, 2.75) is 58.4 Å². The average molecular weight is 387 g/mol. The number of likely N-dealkylation sites (N-methyl/N-ethyl adjacent to an activating group) is 1. The summed E-state index contributed by atoms with van der Waals surface area (Å²) in [4.78, 5) is 17.1. The number of carbonyl (C=O) groups excluding carboxylic acids is 1. The molecule has 1 amide bonds. The minimum atomic E-state index is -0.150. The van der Waals surface area contributed by atoms with E-state index in [1.807, 2.05) is 19.2 Å². The van der Waals surface area contributed by atoms with E-state index in [1.54, 1.807) is 6.07 Å². The number of nitrogen functional groups attached to an aromatic ring is 1. The Balaban J connectivity index is 1.89. The van der Waals surface area contributed by atoms with Crippen molar-refractivity contribution >= 4 is 17.3 Å². The number of allylic oxidation sites excluding steroid dienone is 1. The van der Waals surface area contributed by atoms with Gasteiger partial charge in [0.25, 0.3) is 5.91 Å². The van der Waals surface area contributed by atoms with Gasteiger partial charge in [0.05, 0.1) is 16.9 Å². The molecule has 28 heavy (non-hydrogen) atoms. The molecule has 0 aliphatic carbocycles. The molecule has 1 heterocycles. The number of hydrogen-bond acceptors (Lipinski definition) is 4. The van der Waals surface area contributed by atoms with E-state index < -0.39 is 0 Å². The molecule has 1 fully saturated rings. The zero-order valence-corrected chi connectivity index (χ0v) is 18.1. The molecule has 1 aliphatic rings. The molecule has 0 bridgehead atoms. The molecule has 1 aliphatic heterocycles. The van der Waals surface area contributed by atoms with Gasteiger partial charge in [0.1, 0.15) is 0 Å². The van der Waals surface area contributed by atoms with Crippen LogP contribution in [0.25, 0.3) is 0 Å². The van der Waals surface area contributed by atoms with Crippen LogP contribution in [0.1, 0.15) is 63.2 Å². The molecule has 0 radical (unpaired) electrons. The van der Waals surface area contributed by atoms with E-state index >= 15 is 0 Å². The van der Waals surface area contributed by atoms with E-state index in [0.29, 0.717) is 17.8 Å². The Morgan fingerprint density at radius 2 is 2.00 bits per heavy atom. The fourth-order valence-electron chi connectivity index (χ4n) is 3.62. The first kappa shape index (κ1) is 22.3. The van der Waals surface area contributed by atoms with Gasteiger partial charge in [-0.25, -0.2) is 0 Å². The maximum absolute atomic E-state index is 12.5. The minimum Gasteiger partial charge on any atom is -0.397 e. The predicted octanol–water partition coefficient (Wildman–Crippen LogP) is 4.06. The zero-order valence-electron chi connectivity index (χ0n) is 18.1. The van der Waals surface area contributed by atoms with Crippen LogP contribution in [0, 0.1) is 0 Å². The van der Waals surface area contributed by atoms with Gasteiger partial charge in [-0.1, -0.05) is 25.5 Å². The third-order valence-corrected chi connectivity index (χ3v) is 5.66. The summed E-state index contributed by atoms with van der Waals surface area (Å²) in [6.07, 6.45) is 10.3. The van der Waals surface area contributed by atoms with E-state index in [2.05, 4.69) is 48.0 Å². The molecule has 5 nitrogen and oxygen atoms in total. The number of likely N-dealkylation sites (tertiary alicyclic amines) is 1. The molecule has 3 N–H and O–H groups in total. The van der Waals surface area contributed by atoms with Gasteiger partial charge in [0.2, 0.25) is 0 Å². The maximum atomic E-state index is 12.5. The average Bonchev–Trinajstić information content (AvgIpc) is 2.69. The maximum Gasteiger partial charge on any atom is 0.251 e. The standard InChI is InChI=1S/C23H38N4O/c1-5-6-13-23(2,3)26(4)21-12-11-19(18-20(21)24)22(28)25-14-10-17-27-15-8-7-9-16-27/h6,11-13,18H,5,7-10,14-17,24H2,1-4H3,(H,25,28)/b13-6-. The molecule has 0 aromatic heterocycles. The third kappa shape index (κ3) is 6.26. The number of anilines is 2. The first-order valence-corrected chi connectivity index (χ1v) is 10.7. The Labute approximate surface area is 171 Å². The van der Waals surface area contributed by atoms with Gasteiger partial charge in [0, 0.05) is 19.2 Å². The van der Waals surface area contributed by atoms with Crippen LogP contribution >= 0.6 is 0 Å². The van der Waals surface area contributed by atoms with Crippen LogP contribution < -0.4 is 16.0 Å². The van der Waals surface area contributed by atoms with E-state index in [9.17, 15) is 4.79 Å². The van der Waals surface area contributed by atoms with Crippen molar-refractivity contribution < 1.29 is 4.79 Å². The highest BCUT2D eigenvalue weighted by atomic mass is 16.1. The van der Waals surface area contributed by atoms with Gasteiger partial charge in [-0.2, -0.15) is 0 Å². The molecule has 0 unspecified atom stereocenters. The van der Waals surface area contributed by atoms with Crippen LogP contribution in [0.15, 0.2) is 30.4 Å². The SMILES string of the molecule is CC/C=C\C(C)(C)N(C)c1ccc(C(=O)NCCCN2CCCCC2)cc1N. The number of carbonyl (C=O) groups is 1. The van der Waals surface area contributed by atoms with E-state index in [1.165, 1.54) is 32.4 Å². The van der Waals surface area contributed by atoms with Crippen molar-refractivity contribution in [3.8, 4) is 0 Å². The Hall–Kier alpha value is -2.01. The second-order valence-electron chi connectivity index (χ2n) is 8.31. The molecular weight excluding hydrogens is 348 g/mol. The fourth-order valence-corrected chi connectivity index (χ4v) is 3.62. The van der Waals surface area contributed by atoms with Crippen LogP contribution in [-0.4, -0.2) is 49.6 Å². The van der Waals surface area contributed by atoms with Gasteiger partial charge in [-0.15, -0.1) is 0 Å². The summed E-state index contributed by atoms with van der Waals surface area (Å²) in [5.74, 6) is -0.0512.